The Morgan fingerprint density at radius 1 is 1.26 bits per heavy atom. The number of aromatic nitrogens is 3. The number of thiophene rings is 1. The second-order valence-electron chi connectivity index (χ2n) is 7.87. The molecule has 7 heteroatoms. The Morgan fingerprint density at radius 2 is 2.00 bits per heavy atom. The number of hydrogen-bond donors (Lipinski definition) is 0. The van der Waals surface area contributed by atoms with E-state index in [1.165, 1.54) is 55.2 Å². The molecule has 2 aliphatic carbocycles. The van der Waals surface area contributed by atoms with Crippen molar-refractivity contribution in [1.29, 1.82) is 0 Å². The smallest absolute Gasteiger partial charge is 0.233 e. The molecular formula is C20H28N4OS2. The monoisotopic (exact) mass is 404 g/mol. The molecule has 2 aliphatic rings. The van der Waals surface area contributed by atoms with E-state index in [2.05, 4.69) is 44.1 Å². The maximum atomic E-state index is 13.0. The lowest BCUT2D eigenvalue weighted by molar-refractivity contribution is -0.132. The van der Waals surface area contributed by atoms with Crippen LogP contribution in [0, 0.1) is 5.92 Å². The van der Waals surface area contributed by atoms with Crippen molar-refractivity contribution in [3.8, 4) is 0 Å². The van der Waals surface area contributed by atoms with E-state index in [0.717, 1.165) is 24.0 Å². The van der Waals surface area contributed by atoms with Crippen LogP contribution in [0.15, 0.2) is 29.0 Å². The molecule has 2 aromatic heterocycles. The molecule has 0 radical (unpaired) electrons. The van der Waals surface area contributed by atoms with E-state index in [1.807, 2.05) is 0 Å². The summed E-state index contributed by atoms with van der Waals surface area (Å²) < 4.78 is 2.07. The van der Waals surface area contributed by atoms with Crippen LogP contribution in [0.25, 0.3) is 0 Å². The van der Waals surface area contributed by atoms with Crippen LogP contribution in [0.2, 0.25) is 0 Å². The number of amides is 1. The predicted molar refractivity (Wildman–Crippen MR) is 110 cm³/mol. The topological polar surface area (TPSA) is 51.0 Å². The third kappa shape index (κ3) is 4.93. The van der Waals surface area contributed by atoms with E-state index < -0.39 is 0 Å². The van der Waals surface area contributed by atoms with Gasteiger partial charge in [0.1, 0.15) is 6.33 Å². The molecule has 1 amide bonds. The first-order valence-electron chi connectivity index (χ1n) is 10.0. The third-order valence-corrected chi connectivity index (χ3v) is 7.59. The Labute approximate surface area is 169 Å². The third-order valence-electron chi connectivity index (χ3n) is 5.69. The quantitative estimate of drug-likeness (QED) is 0.618. The van der Waals surface area contributed by atoms with Gasteiger partial charge in [-0.1, -0.05) is 24.8 Å². The summed E-state index contributed by atoms with van der Waals surface area (Å²) in [4.78, 5) is 16.6. The van der Waals surface area contributed by atoms with Crippen molar-refractivity contribution in [2.45, 2.75) is 75.7 Å². The minimum Gasteiger partial charge on any atom is -0.336 e. The second kappa shape index (κ2) is 8.78. The van der Waals surface area contributed by atoms with E-state index in [0.29, 0.717) is 17.8 Å². The first kappa shape index (κ1) is 19.0. The fourth-order valence-corrected chi connectivity index (χ4v) is 5.48. The minimum atomic E-state index is 0.287. The molecule has 0 atom stereocenters. The lowest BCUT2D eigenvalue weighted by Gasteiger charge is -2.36. The van der Waals surface area contributed by atoms with Crippen LogP contribution in [-0.2, 0) is 17.8 Å². The fourth-order valence-electron chi connectivity index (χ4n) is 3.97. The van der Waals surface area contributed by atoms with Crippen LogP contribution in [-0.4, -0.2) is 43.4 Å². The normalized spacial score (nSPS) is 22.7. The maximum absolute atomic E-state index is 13.0. The van der Waals surface area contributed by atoms with Crippen LogP contribution in [0.3, 0.4) is 0 Å². The Morgan fingerprint density at radius 3 is 2.67 bits per heavy atom. The molecule has 0 aromatic carbocycles. The number of aryl methyl sites for hydroxylation is 2. The molecule has 0 saturated heterocycles. The molecular weight excluding hydrogens is 376 g/mol. The largest absolute Gasteiger partial charge is 0.336 e. The van der Waals surface area contributed by atoms with Crippen LogP contribution < -0.4 is 0 Å². The summed E-state index contributed by atoms with van der Waals surface area (Å²) in [5, 5.41) is 11.3. The summed E-state index contributed by atoms with van der Waals surface area (Å²) in [6, 6.07) is 5.19. The van der Waals surface area contributed by atoms with E-state index >= 15 is 0 Å². The first-order chi connectivity index (χ1) is 13.2. The highest BCUT2D eigenvalue weighted by atomic mass is 32.2. The van der Waals surface area contributed by atoms with Crippen LogP contribution >= 0.6 is 23.1 Å². The van der Waals surface area contributed by atoms with E-state index in [-0.39, 0.29) is 5.91 Å². The summed E-state index contributed by atoms with van der Waals surface area (Å²) in [6.07, 6.45) is 9.97. The highest BCUT2D eigenvalue weighted by Gasteiger charge is 2.38. The van der Waals surface area contributed by atoms with E-state index in [9.17, 15) is 4.79 Å². The average molecular weight is 405 g/mol. The predicted octanol–water partition coefficient (Wildman–Crippen LogP) is 4.24. The van der Waals surface area contributed by atoms with Gasteiger partial charge in [-0.3, -0.25) is 4.79 Å². The van der Waals surface area contributed by atoms with Gasteiger partial charge in [-0.15, -0.1) is 21.5 Å². The number of hydrogen-bond acceptors (Lipinski definition) is 5. The van der Waals surface area contributed by atoms with Gasteiger partial charge in [0.15, 0.2) is 5.16 Å². The lowest BCUT2D eigenvalue weighted by atomic mass is 9.86. The molecule has 0 unspecified atom stereocenters. The van der Waals surface area contributed by atoms with E-state index in [4.69, 9.17) is 0 Å². The fraction of sp³-hybridized carbons (Fsp3) is 0.650. The molecule has 5 nitrogen and oxygen atoms in total. The zero-order valence-corrected chi connectivity index (χ0v) is 17.6. The molecule has 0 N–H and O–H groups in total. The van der Waals surface area contributed by atoms with Gasteiger partial charge in [0.05, 0.1) is 5.75 Å². The molecule has 2 fully saturated rings. The molecule has 4 rings (SSSR count). The highest BCUT2D eigenvalue weighted by molar-refractivity contribution is 7.99. The van der Waals surface area contributed by atoms with Crippen molar-refractivity contribution < 1.29 is 4.79 Å². The maximum Gasteiger partial charge on any atom is 0.233 e. The molecule has 146 valence electrons. The molecule has 0 aliphatic heterocycles. The number of carbonyl (C=O) groups excluding carboxylic acids is 1. The second-order valence-corrected chi connectivity index (χ2v) is 9.85. The molecule has 0 bridgehead atoms. The van der Waals surface area contributed by atoms with Gasteiger partial charge >= 0.3 is 0 Å². The van der Waals surface area contributed by atoms with Gasteiger partial charge in [-0.05, 0) is 62.3 Å². The molecule has 2 saturated carbocycles. The Balaban J connectivity index is 1.32. The van der Waals surface area contributed by atoms with Crippen molar-refractivity contribution in [2.75, 3.05) is 5.75 Å². The number of nitrogens with zero attached hydrogens (tertiary/aromatic N) is 4. The molecule has 2 aromatic rings. The zero-order chi connectivity index (χ0) is 18.6. The number of rotatable bonds is 8. The molecule has 27 heavy (non-hydrogen) atoms. The number of carbonyl (C=O) groups is 1. The Hall–Kier alpha value is -1.34. The Bertz CT molecular complexity index is 733. The van der Waals surface area contributed by atoms with Crippen molar-refractivity contribution in [2.24, 2.45) is 5.92 Å². The summed E-state index contributed by atoms with van der Waals surface area (Å²) in [6.45, 7) is 3.19. The summed E-state index contributed by atoms with van der Waals surface area (Å²) >= 11 is 3.32. The van der Waals surface area contributed by atoms with Gasteiger partial charge in [-0.2, -0.15) is 0 Å². The lowest BCUT2D eigenvalue weighted by Crippen LogP contribution is -2.44. The minimum absolute atomic E-state index is 0.287. The van der Waals surface area contributed by atoms with Gasteiger partial charge in [0.25, 0.3) is 0 Å². The van der Waals surface area contributed by atoms with Crippen molar-refractivity contribution >= 4 is 29.0 Å². The van der Waals surface area contributed by atoms with Crippen molar-refractivity contribution in [3.63, 3.8) is 0 Å². The molecule has 2 heterocycles. The molecule has 0 spiro atoms. The average Bonchev–Trinajstić information content (AvgIpc) is 3.18. The standard InChI is InChI=1S/C20H28N4OS2/c1-15-4-6-16(7-5-15)24(17-8-9-17)19(25)13-27-20-22-21-14-23(20)11-10-18-3-2-12-26-18/h2-3,12,14-17H,4-11,13H2,1H3. The Kier molecular flexibility index (Phi) is 6.18. The van der Waals surface area contributed by atoms with Crippen LogP contribution in [0.1, 0.15) is 50.3 Å². The van der Waals surface area contributed by atoms with Crippen molar-refractivity contribution in [1.82, 2.24) is 19.7 Å². The van der Waals surface area contributed by atoms with Crippen molar-refractivity contribution in [3.05, 3.63) is 28.7 Å². The first-order valence-corrected chi connectivity index (χ1v) is 11.9. The summed E-state index contributed by atoms with van der Waals surface area (Å²) in [5.41, 5.74) is 0. The SMILES string of the molecule is CC1CCC(N(C(=O)CSc2nncn2CCc2cccs2)C2CC2)CC1. The van der Waals surface area contributed by atoms with Gasteiger partial charge in [0.2, 0.25) is 5.91 Å². The zero-order valence-electron chi connectivity index (χ0n) is 15.9. The van der Waals surface area contributed by atoms with Crippen LogP contribution in [0.5, 0.6) is 0 Å². The number of thioether (sulfide) groups is 1. The summed E-state index contributed by atoms with van der Waals surface area (Å²) in [5.74, 6) is 1.57. The van der Waals surface area contributed by atoms with E-state index in [1.54, 1.807) is 17.7 Å². The van der Waals surface area contributed by atoms with Gasteiger partial charge < -0.3 is 9.47 Å². The van der Waals surface area contributed by atoms with Gasteiger partial charge in [0, 0.05) is 23.5 Å². The van der Waals surface area contributed by atoms with Gasteiger partial charge in [-0.25, -0.2) is 0 Å². The van der Waals surface area contributed by atoms with Crippen LogP contribution in [0.4, 0.5) is 0 Å². The summed E-state index contributed by atoms with van der Waals surface area (Å²) in [7, 11) is 0. The highest BCUT2D eigenvalue weighted by Crippen LogP contribution is 2.36.